The Labute approximate surface area is 224 Å². The minimum atomic E-state index is -0.601. The molecule has 0 spiro atoms. The van der Waals surface area contributed by atoms with Gasteiger partial charge in [-0.15, -0.1) is 0 Å². The number of imidazole rings is 1. The van der Waals surface area contributed by atoms with Gasteiger partial charge in [0.15, 0.2) is 11.5 Å². The molecule has 2 heterocycles. The minimum Gasteiger partial charge on any atom is -0.493 e. The highest BCUT2D eigenvalue weighted by molar-refractivity contribution is 6.30. The Bertz CT molecular complexity index is 1140. The zero-order chi connectivity index (χ0) is 26.1. The van der Waals surface area contributed by atoms with E-state index in [4.69, 9.17) is 35.3 Å². The van der Waals surface area contributed by atoms with Gasteiger partial charge in [-0.1, -0.05) is 23.7 Å². The van der Waals surface area contributed by atoms with Gasteiger partial charge >= 0.3 is 0 Å². The van der Waals surface area contributed by atoms with E-state index in [0.29, 0.717) is 43.7 Å². The molecule has 2 aromatic carbocycles. The lowest BCUT2D eigenvalue weighted by molar-refractivity contribution is -0.0925. The van der Waals surface area contributed by atoms with E-state index in [1.54, 1.807) is 20.3 Å². The molecule has 1 aliphatic rings. The normalized spacial score (nSPS) is 18.4. The predicted molar refractivity (Wildman–Crippen MR) is 143 cm³/mol. The topological polar surface area (TPSA) is 67.2 Å². The van der Waals surface area contributed by atoms with Crippen LogP contribution < -0.4 is 14.2 Å². The monoisotopic (exact) mass is 529 g/mol. The third kappa shape index (κ3) is 7.61. The second-order valence-electron chi connectivity index (χ2n) is 9.25. The van der Waals surface area contributed by atoms with Crippen LogP contribution in [-0.4, -0.2) is 73.8 Å². The molecule has 1 aliphatic heterocycles. The molecule has 0 radical (unpaired) electrons. The van der Waals surface area contributed by atoms with Crippen molar-refractivity contribution in [3.8, 4) is 17.2 Å². The second kappa shape index (κ2) is 13.1. The van der Waals surface area contributed by atoms with Crippen LogP contribution in [-0.2, 0) is 22.6 Å². The van der Waals surface area contributed by atoms with Crippen LogP contribution in [0.2, 0.25) is 5.02 Å². The van der Waals surface area contributed by atoms with Crippen molar-refractivity contribution in [3.63, 3.8) is 0 Å². The molecule has 4 rings (SSSR count). The van der Waals surface area contributed by atoms with E-state index < -0.39 is 5.60 Å². The van der Waals surface area contributed by atoms with E-state index in [0.717, 1.165) is 48.9 Å². The van der Waals surface area contributed by atoms with Crippen molar-refractivity contribution in [2.75, 3.05) is 53.7 Å². The molecule has 3 aromatic rings. The van der Waals surface area contributed by atoms with Crippen molar-refractivity contribution >= 4 is 11.6 Å². The maximum atomic E-state index is 6.12. The van der Waals surface area contributed by atoms with Gasteiger partial charge in [0, 0.05) is 50.7 Å². The zero-order valence-electron chi connectivity index (χ0n) is 21.8. The van der Waals surface area contributed by atoms with Gasteiger partial charge in [-0.25, -0.2) is 4.98 Å². The lowest BCUT2D eigenvalue weighted by Gasteiger charge is -2.34. The summed E-state index contributed by atoms with van der Waals surface area (Å²) in [6, 6.07) is 13.5. The lowest BCUT2D eigenvalue weighted by atomic mass is 10.1. The molecule has 0 N–H and O–H groups in total. The molecular formula is C28H36ClN3O5. The molecule has 1 atom stereocenters. The van der Waals surface area contributed by atoms with Crippen LogP contribution >= 0.6 is 11.6 Å². The molecule has 0 aliphatic carbocycles. The minimum absolute atomic E-state index is 0.355. The highest BCUT2D eigenvalue weighted by atomic mass is 35.5. The first-order valence-corrected chi connectivity index (χ1v) is 12.9. The van der Waals surface area contributed by atoms with Crippen LogP contribution in [0.15, 0.2) is 54.9 Å². The maximum Gasteiger partial charge on any atom is 0.161 e. The van der Waals surface area contributed by atoms with E-state index >= 15 is 0 Å². The van der Waals surface area contributed by atoms with Crippen LogP contribution in [0.4, 0.5) is 0 Å². The first-order valence-electron chi connectivity index (χ1n) is 12.5. The van der Waals surface area contributed by atoms with E-state index in [1.165, 1.54) is 0 Å². The Hall–Kier alpha value is -2.78. The first kappa shape index (κ1) is 27.3. The van der Waals surface area contributed by atoms with Gasteiger partial charge in [-0.05, 0) is 49.2 Å². The van der Waals surface area contributed by atoms with Crippen LogP contribution in [0.3, 0.4) is 0 Å². The van der Waals surface area contributed by atoms with E-state index in [1.807, 2.05) is 43.6 Å². The second-order valence-corrected chi connectivity index (χ2v) is 9.69. The number of rotatable bonds is 12. The summed E-state index contributed by atoms with van der Waals surface area (Å²) in [4.78, 5) is 6.59. The fraction of sp³-hybridized carbons (Fsp3) is 0.464. The summed E-state index contributed by atoms with van der Waals surface area (Å²) < 4.78 is 31.7. The van der Waals surface area contributed by atoms with E-state index in [9.17, 15) is 0 Å². The number of hydrogen-bond donors (Lipinski definition) is 0. The molecule has 1 unspecified atom stereocenters. The fourth-order valence-electron chi connectivity index (χ4n) is 4.41. The standard InChI is InChI=1S/C28H36ClN3O5/c1-22-30-10-12-32(22)11-5-14-36-27-16-23(8-9-26(27)33-2)18-31-13-15-35-20-28(19-31,34-3)21-37-25-7-4-6-24(29)17-25/h4,6-10,12,16-17H,5,11,13-15,18-21H2,1-3H3. The summed E-state index contributed by atoms with van der Waals surface area (Å²) in [7, 11) is 3.37. The average molecular weight is 530 g/mol. The van der Waals surface area contributed by atoms with Crippen molar-refractivity contribution in [1.29, 1.82) is 0 Å². The first-order chi connectivity index (χ1) is 18.0. The molecule has 37 heavy (non-hydrogen) atoms. The van der Waals surface area contributed by atoms with Gasteiger partial charge in [0.1, 0.15) is 23.8 Å². The number of hydrogen-bond acceptors (Lipinski definition) is 7. The smallest absolute Gasteiger partial charge is 0.161 e. The molecule has 0 bridgehead atoms. The molecule has 1 fully saturated rings. The number of aryl methyl sites for hydroxylation is 2. The zero-order valence-corrected chi connectivity index (χ0v) is 22.6. The van der Waals surface area contributed by atoms with Gasteiger partial charge in [-0.3, -0.25) is 4.90 Å². The van der Waals surface area contributed by atoms with Crippen LogP contribution in [0.5, 0.6) is 17.2 Å². The Balaban J connectivity index is 1.37. The summed E-state index contributed by atoms with van der Waals surface area (Å²) in [5, 5.41) is 0.636. The number of methoxy groups -OCH3 is 2. The highest BCUT2D eigenvalue weighted by Crippen LogP contribution is 2.30. The number of aromatic nitrogens is 2. The Morgan fingerprint density at radius 1 is 1.11 bits per heavy atom. The van der Waals surface area contributed by atoms with Gasteiger partial charge < -0.3 is 28.3 Å². The SMILES string of the molecule is COc1ccc(CN2CCOCC(COc3cccc(Cl)c3)(OC)C2)cc1OCCCn1ccnc1C. The Kier molecular flexibility index (Phi) is 9.68. The third-order valence-electron chi connectivity index (χ3n) is 6.52. The summed E-state index contributed by atoms with van der Waals surface area (Å²) in [6.45, 7) is 7.05. The van der Waals surface area contributed by atoms with E-state index in [2.05, 4.69) is 26.6 Å². The van der Waals surface area contributed by atoms with Gasteiger partial charge in [-0.2, -0.15) is 0 Å². The summed E-state index contributed by atoms with van der Waals surface area (Å²) in [5.74, 6) is 3.18. The fourth-order valence-corrected chi connectivity index (χ4v) is 4.59. The summed E-state index contributed by atoms with van der Waals surface area (Å²) in [5.41, 5.74) is 0.528. The quantitative estimate of drug-likeness (QED) is 0.317. The molecular weight excluding hydrogens is 494 g/mol. The Morgan fingerprint density at radius 3 is 2.76 bits per heavy atom. The third-order valence-corrected chi connectivity index (χ3v) is 6.75. The number of ether oxygens (including phenoxy) is 5. The van der Waals surface area contributed by atoms with Crippen LogP contribution in [0.25, 0.3) is 0 Å². The summed E-state index contributed by atoms with van der Waals surface area (Å²) >= 11 is 6.11. The van der Waals surface area contributed by atoms with Crippen molar-refractivity contribution in [2.24, 2.45) is 0 Å². The predicted octanol–water partition coefficient (Wildman–Crippen LogP) is 4.62. The summed E-state index contributed by atoms with van der Waals surface area (Å²) in [6.07, 6.45) is 4.68. The molecule has 1 saturated heterocycles. The van der Waals surface area contributed by atoms with Crippen molar-refractivity contribution < 1.29 is 23.7 Å². The van der Waals surface area contributed by atoms with Crippen molar-refractivity contribution in [1.82, 2.24) is 14.5 Å². The molecule has 8 nitrogen and oxygen atoms in total. The molecule has 200 valence electrons. The number of benzene rings is 2. The van der Waals surface area contributed by atoms with Crippen LogP contribution in [0, 0.1) is 6.92 Å². The largest absolute Gasteiger partial charge is 0.493 e. The molecule has 1 aromatic heterocycles. The maximum absolute atomic E-state index is 6.12. The van der Waals surface area contributed by atoms with Crippen LogP contribution in [0.1, 0.15) is 17.8 Å². The number of halogens is 1. The molecule has 0 amide bonds. The number of nitrogens with zero attached hydrogens (tertiary/aromatic N) is 3. The van der Waals surface area contributed by atoms with Crippen molar-refractivity contribution in [3.05, 3.63) is 71.3 Å². The van der Waals surface area contributed by atoms with E-state index in [-0.39, 0.29) is 0 Å². The van der Waals surface area contributed by atoms with Gasteiger partial charge in [0.05, 0.1) is 26.9 Å². The highest BCUT2D eigenvalue weighted by Gasteiger charge is 2.36. The van der Waals surface area contributed by atoms with Crippen molar-refractivity contribution in [2.45, 2.75) is 32.0 Å². The molecule has 0 saturated carbocycles. The average Bonchev–Trinajstić information content (AvgIpc) is 3.20. The molecule has 9 heteroatoms. The Morgan fingerprint density at radius 2 is 2.00 bits per heavy atom. The van der Waals surface area contributed by atoms with Gasteiger partial charge in [0.2, 0.25) is 0 Å². The lowest BCUT2D eigenvalue weighted by Crippen LogP contribution is -2.50. The van der Waals surface area contributed by atoms with Gasteiger partial charge in [0.25, 0.3) is 0 Å².